The van der Waals surface area contributed by atoms with E-state index in [1.807, 2.05) is 0 Å². The van der Waals surface area contributed by atoms with Gasteiger partial charge in [-0.3, -0.25) is 9.59 Å². The van der Waals surface area contributed by atoms with E-state index in [9.17, 15) is 9.59 Å². The normalized spacial score (nSPS) is 46.4. The molecule has 27 heavy (non-hydrogen) atoms. The van der Waals surface area contributed by atoms with Gasteiger partial charge in [-0.05, 0) is 25.2 Å². The summed E-state index contributed by atoms with van der Waals surface area (Å²) in [6, 6.07) is 0. The smallest absolute Gasteiger partial charge is 0.302 e. The molecule has 5 unspecified atom stereocenters. The summed E-state index contributed by atoms with van der Waals surface area (Å²) in [5, 5.41) is 0. The first-order chi connectivity index (χ1) is 12.8. The highest BCUT2D eigenvalue weighted by atomic mass is 17.3. The summed E-state index contributed by atoms with van der Waals surface area (Å²) in [6.45, 7) is 4.92. The Labute approximate surface area is 159 Å². The average molecular weight is 382 g/mol. The molecular formula is C20H30O7. The molecule has 0 aromatic rings. The summed E-state index contributed by atoms with van der Waals surface area (Å²) in [4.78, 5) is 34.8. The Hall–Kier alpha value is -1.18. The molecule has 0 aromatic heterocycles. The third-order valence-corrected chi connectivity index (χ3v) is 6.66. The van der Waals surface area contributed by atoms with Gasteiger partial charge in [-0.25, -0.2) is 0 Å². The number of esters is 2. The van der Waals surface area contributed by atoms with Gasteiger partial charge in [-0.1, -0.05) is 19.8 Å². The summed E-state index contributed by atoms with van der Waals surface area (Å²) in [6.07, 6.45) is 6.06. The molecule has 0 radical (unpaired) electrons. The van der Waals surface area contributed by atoms with Crippen molar-refractivity contribution in [1.29, 1.82) is 0 Å². The molecule has 2 bridgehead atoms. The zero-order chi connectivity index (χ0) is 19.2. The third kappa shape index (κ3) is 3.61. The zero-order valence-corrected chi connectivity index (χ0v) is 16.4. The molecule has 152 valence electrons. The highest BCUT2D eigenvalue weighted by Gasteiger charge is 2.64. The Morgan fingerprint density at radius 3 is 2.22 bits per heavy atom. The lowest BCUT2D eigenvalue weighted by atomic mass is 9.64. The van der Waals surface area contributed by atoms with E-state index in [4.69, 9.17) is 24.0 Å². The molecular weight excluding hydrogens is 352 g/mol. The average Bonchev–Trinajstić information content (AvgIpc) is 2.92. The monoisotopic (exact) mass is 382 g/mol. The Balaban J connectivity index is 1.56. The van der Waals surface area contributed by atoms with Crippen molar-refractivity contribution in [2.75, 3.05) is 0 Å². The number of carbonyl (C=O) groups is 2. The molecule has 4 fully saturated rings. The van der Waals surface area contributed by atoms with Gasteiger partial charge in [0.05, 0.1) is 0 Å². The maximum Gasteiger partial charge on any atom is 0.302 e. The van der Waals surface area contributed by atoms with Crippen molar-refractivity contribution in [3.05, 3.63) is 0 Å². The number of fused-ring (bicyclic) bond motifs is 3. The molecule has 3 aliphatic carbocycles. The van der Waals surface area contributed by atoms with Crippen LogP contribution in [-0.2, 0) is 33.6 Å². The van der Waals surface area contributed by atoms with Gasteiger partial charge in [0.2, 0.25) is 11.6 Å². The fraction of sp³-hybridized carbons (Fsp3) is 0.900. The predicted octanol–water partition coefficient (Wildman–Crippen LogP) is 3.25. The second kappa shape index (κ2) is 7.01. The van der Waals surface area contributed by atoms with Gasteiger partial charge in [0.1, 0.15) is 12.2 Å². The quantitative estimate of drug-likeness (QED) is 0.536. The molecule has 0 aromatic carbocycles. The molecule has 0 N–H and O–H groups in total. The molecule has 7 heteroatoms. The maximum absolute atomic E-state index is 11.5. The largest absolute Gasteiger partial charge is 0.462 e. The minimum absolute atomic E-state index is 0.224. The fourth-order valence-corrected chi connectivity index (χ4v) is 5.77. The van der Waals surface area contributed by atoms with Crippen LogP contribution in [0.5, 0.6) is 0 Å². The Bertz CT molecular complexity index is 579. The van der Waals surface area contributed by atoms with Crippen molar-refractivity contribution in [1.82, 2.24) is 0 Å². The summed E-state index contributed by atoms with van der Waals surface area (Å²) in [5.74, 6) is -1.26. The van der Waals surface area contributed by atoms with Crippen LogP contribution >= 0.6 is 0 Å². The van der Waals surface area contributed by atoms with Crippen molar-refractivity contribution in [3.8, 4) is 0 Å². The van der Waals surface area contributed by atoms with Gasteiger partial charge in [0.25, 0.3) is 0 Å². The molecule has 4 aliphatic rings. The van der Waals surface area contributed by atoms with Gasteiger partial charge in [-0.2, -0.15) is 9.78 Å². The Kier molecular flexibility index (Phi) is 4.97. The number of carbonyl (C=O) groups excluding carboxylic acids is 2. The van der Waals surface area contributed by atoms with Crippen LogP contribution in [0.1, 0.15) is 72.1 Å². The van der Waals surface area contributed by atoms with Crippen molar-refractivity contribution in [2.45, 2.75) is 95.9 Å². The van der Waals surface area contributed by atoms with E-state index in [-0.39, 0.29) is 17.9 Å². The van der Waals surface area contributed by atoms with Crippen LogP contribution in [0.3, 0.4) is 0 Å². The minimum atomic E-state index is -1.04. The first-order valence-electron chi connectivity index (χ1n) is 10.2. The summed E-state index contributed by atoms with van der Waals surface area (Å²) >= 11 is 0. The maximum atomic E-state index is 11.5. The molecule has 0 amide bonds. The number of hydrogen-bond donors (Lipinski definition) is 0. The Morgan fingerprint density at radius 2 is 1.59 bits per heavy atom. The molecule has 3 saturated carbocycles. The van der Waals surface area contributed by atoms with Gasteiger partial charge >= 0.3 is 11.9 Å². The van der Waals surface area contributed by atoms with Crippen LogP contribution in [0, 0.1) is 17.8 Å². The number of rotatable bonds is 2. The Morgan fingerprint density at radius 1 is 0.926 bits per heavy atom. The third-order valence-electron chi connectivity index (χ3n) is 6.66. The zero-order valence-electron chi connectivity index (χ0n) is 16.4. The number of hydrogen-bond acceptors (Lipinski definition) is 7. The van der Waals surface area contributed by atoms with Gasteiger partial charge in [-0.15, -0.1) is 0 Å². The SMILES string of the molecule is CC(=O)OC1CC(OC(C)=O)CC2(C1)OOC1(O2)C(C)C[C@@H]2CCCC1C2. The van der Waals surface area contributed by atoms with Crippen LogP contribution in [-0.4, -0.2) is 35.7 Å². The van der Waals surface area contributed by atoms with Gasteiger partial charge in [0, 0.05) is 44.9 Å². The molecule has 6 atom stereocenters. The van der Waals surface area contributed by atoms with E-state index in [0.29, 0.717) is 25.2 Å². The van der Waals surface area contributed by atoms with E-state index < -0.39 is 23.8 Å². The lowest BCUT2D eigenvalue weighted by molar-refractivity contribution is -0.382. The van der Waals surface area contributed by atoms with Crippen LogP contribution in [0.4, 0.5) is 0 Å². The second-order valence-corrected chi connectivity index (χ2v) is 8.87. The summed E-state index contributed by atoms with van der Waals surface area (Å²) < 4.78 is 17.5. The standard InChI is InChI=1S/C20H30O7/c1-12-7-15-5-4-6-16(8-15)20(12)25-19(26-27-20)10-17(23-13(2)21)9-18(11-19)24-14(3)22/h12,15-18H,4-11H2,1-3H3/t12?,15-,16?,17?,18?,19?,20?/m0/s1. The molecule has 1 heterocycles. The van der Waals surface area contributed by atoms with Crippen LogP contribution in [0.25, 0.3) is 0 Å². The summed E-state index contributed by atoms with van der Waals surface area (Å²) in [7, 11) is 0. The van der Waals surface area contributed by atoms with Crippen LogP contribution in [0.2, 0.25) is 0 Å². The lowest BCUT2D eigenvalue weighted by Gasteiger charge is -2.49. The first kappa shape index (κ1) is 19.2. The van der Waals surface area contributed by atoms with Gasteiger partial charge < -0.3 is 14.2 Å². The highest BCUT2D eigenvalue weighted by Crippen LogP contribution is 2.57. The van der Waals surface area contributed by atoms with Crippen molar-refractivity contribution < 1.29 is 33.6 Å². The highest BCUT2D eigenvalue weighted by molar-refractivity contribution is 5.66. The minimum Gasteiger partial charge on any atom is -0.462 e. The summed E-state index contributed by atoms with van der Waals surface area (Å²) in [5.41, 5.74) is 0. The fourth-order valence-electron chi connectivity index (χ4n) is 5.77. The van der Waals surface area contributed by atoms with Gasteiger partial charge in [0.15, 0.2) is 0 Å². The van der Waals surface area contributed by atoms with E-state index in [0.717, 1.165) is 25.2 Å². The van der Waals surface area contributed by atoms with Crippen molar-refractivity contribution >= 4 is 11.9 Å². The van der Waals surface area contributed by atoms with E-state index in [2.05, 4.69) is 6.92 Å². The van der Waals surface area contributed by atoms with E-state index in [1.165, 1.54) is 26.7 Å². The van der Waals surface area contributed by atoms with Crippen molar-refractivity contribution in [3.63, 3.8) is 0 Å². The second-order valence-electron chi connectivity index (χ2n) is 8.87. The predicted molar refractivity (Wildman–Crippen MR) is 92.9 cm³/mol. The van der Waals surface area contributed by atoms with E-state index >= 15 is 0 Å². The lowest BCUT2D eigenvalue weighted by Crippen LogP contribution is -2.54. The number of ether oxygens (including phenoxy) is 3. The van der Waals surface area contributed by atoms with Crippen LogP contribution in [0.15, 0.2) is 0 Å². The van der Waals surface area contributed by atoms with Crippen LogP contribution < -0.4 is 0 Å². The molecule has 1 aliphatic heterocycles. The molecule has 4 rings (SSSR count). The van der Waals surface area contributed by atoms with Crippen molar-refractivity contribution in [2.24, 2.45) is 17.8 Å². The molecule has 7 nitrogen and oxygen atoms in total. The molecule has 2 spiro atoms. The molecule has 1 saturated heterocycles. The van der Waals surface area contributed by atoms with E-state index in [1.54, 1.807) is 0 Å². The topological polar surface area (TPSA) is 80.3 Å². The first-order valence-corrected chi connectivity index (χ1v) is 10.2.